The first kappa shape index (κ1) is 37.2. The normalized spacial score (nSPS) is 16.7. The number of halogens is 2. The van der Waals surface area contributed by atoms with Crippen LogP contribution in [-0.4, -0.2) is 55.9 Å². The number of carbonyl (C=O) groups excluding carboxylic acids is 4. The molecular weight excluding hydrogens is 632 g/mol. The molecular formula is C38H45F2N3O6. The summed E-state index contributed by atoms with van der Waals surface area (Å²) in [6, 6.07) is 11.8. The number of anilines is 1. The van der Waals surface area contributed by atoms with Gasteiger partial charge in [0.1, 0.15) is 29.2 Å². The van der Waals surface area contributed by atoms with Gasteiger partial charge in [-0.2, -0.15) is 0 Å². The van der Waals surface area contributed by atoms with E-state index >= 15 is 0 Å². The third-order valence-electron chi connectivity index (χ3n) is 9.00. The van der Waals surface area contributed by atoms with Crippen molar-refractivity contribution in [3.05, 3.63) is 82.5 Å². The molecule has 0 aliphatic carbocycles. The van der Waals surface area contributed by atoms with Crippen molar-refractivity contribution in [3.8, 4) is 11.1 Å². The molecule has 3 atom stereocenters. The van der Waals surface area contributed by atoms with E-state index in [0.717, 1.165) is 48.3 Å². The number of aromatic nitrogens is 1. The summed E-state index contributed by atoms with van der Waals surface area (Å²) < 4.78 is 36.6. The number of Topliss-reactive ketones (excluding diaryl/α,β-unsaturated/α-hetero) is 1. The Labute approximate surface area is 286 Å². The van der Waals surface area contributed by atoms with Crippen molar-refractivity contribution in [2.75, 3.05) is 32.6 Å². The number of amides is 1. The number of carbonyl (C=O) groups is 4. The molecule has 1 amide bonds. The van der Waals surface area contributed by atoms with Crippen molar-refractivity contribution in [1.82, 2.24) is 10.3 Å². The zero-order valence-electron chi connectivity index (χ0n) is 28.9. The molecule has 2 aliphatic heterocycles. The van der Waals surface area contributed by atoms with E-state index in [1.807, 2.05) is 13.8 Å². The summed E-state index contributed by atoms with van der Waals surface area (Å²) in [5.74, 6) is -4.07. The first-order chi connectivity index (χ1) is 23.4. The first-order valence-corrected chi connectivity index (χ1v) is 16.7. The van der Waals surface area contributed by atoms with Crippen LogP contribution in [0.4, 0.5) is 14.6 Å². The van der Waals surface area contributed by atoms with Gasteiger partial charge in [0.25, 0.3) is 0 Å². The smallest absolute Gasteiger partial charge is 0.340 e. The molecule has 1 fully saturated rings. The highest BCUT2D eigenvalue weighted by molar-refractivity contribution is 6.02. The Kier molecular flexibility index (Phi) is 12.6. The number of ether oxygens (including phenoxy) is 2. The molecule has 3 heterocycles. The Morgan fingerprint density at radius 2 is 1.47 bits per heavy atom. The van der Waals surface area contributed by atoms with Crippen LogP contribution in [-0.2, 0) is 30.3 Å². The van der Waals surface area contributed by atoms with Crippen LogP contribution in [0.25, 0.3) is 11.1 Å². The minimum Gasteiger partial charge on any atom is -0.468 e. The second-order valence-corrected chi connectivity index (χ2v) is 12.9. The zero-order chi connectivity index (χ0) is 35.8. The molecule has 2 aliphatic rings. The third kappa shape index (κ3) is 8.50. The van der Waals surface area contributed by atoms with E-state index in [1.165, 1.54) is 50.6 Å². The topological polar surface area (TPSA) is 124 Å². The molecule has 2 N–H and O–H groups in total. The van der Waals surface area contributed by atoms with Gasteiger partial charge in [0.2, 0.25) is 5.91 Å². The van der Waals surface area contributed by atoms with Crippen LogP contribution in [0.5, 0.6) is 0 Å². The molecule has 2 aromatic carbocycles. The number of nitrogens with one attached hydrogen (secondary N) is 2. The fourth-order valence-electron chi connectivity index (χ4n) is 6.57. The number of hydrogen-bond acceptors (Lipinski definition) is 8. The minimum atomic E-state index is -1.09. The van der Waals surface area contributed by atoms with Crippen LogP contribution in [0.1, 0.15) is 86.0 Å². The minimum absolute atomic E-state index is 0.0623. The zero-order valence-corrected chi connectivity index (χ0v) is 28.9. The lowest BCUT2D eigenvalue weighted by molar-refractivity contribution is -0.152. The van der Waals surface area contributed by atoms with Crippen LogP contribution in [0.3, 0.4) is 0 Å². The molecule has 5 rings (SSSR count). The number of pyridine rings is 1. The Bertz CT molecular complexity index is 1660. The lowest BCUT2D eigenvalue weighted by Gasteiger charge is -2.34. The number of rotatable bonds is 9. The summed E-state index contributed by atoms with van der Waals surface area (Å²) in [4.78, 5) is 54.9. The highest BCUT2D eigenvalue weighted by atomic mass is 19.1. The molecule has 11 heteroatoms. The number of piperidine rings is 1. The fraction of sp³-hybridized carbons (Fsp3) is 0.447. The van der Waals surface area contributed by atoms with Gasteiger partial charge in [-0.3, -0.25) is 14.4 Å². The van der Waals surface area contributed by atoms with Gasteiger partial charge < -0.3 is 20.1 Å². The molecule has 1 aromatic heterocycles. The van der Waals surface area contributed by atoms with Crippen LogP contribution >= 0.6 is 0 Å². The van der Waals surface area contributed by atoms with E-state index in [-0.39, 0.29) is 23.4 Å². The van der Waals surface area contributed by atoms with Gasteiger partial charge in [0.05, 0.1) is 25.5 Å². The molecule has 262 valence electrons. The molecule has 0 spiro atoms. The van der Waals surface area contributed by atoms with Crippen LogP contribution in [0.15, 0.2) is 48.5 Å². The molecule has 1 saturated heterocycles. The molecule has 49 heavy (non-hydrogen) atoms. The fourth-order valence-corrected chi connectivity index (χ4v) is 6.57. The number of benzene rings is 2. The lowest BCUT2D eigenvalue weighted by atomic mass is 9.70. The van der Waals surface area contributed by atoms with Gasteiger partial charge in [-0.25, -0.2) is 18.6 Å². The largest absolute Gasteiger partial charge is 0.468 e. The molecule has 3 unspecified atom stereocenters. The van der Waals surface area contributed by atoms with Gasteiger partial charge in [-0.1, -0.05) is 52.0 Å². The number of ketones is 1. The van der Waals surface area contributed by atoms with Crippen molar-refractivity contribution in [2.24, 2.45) is 17.8 Å². The van der Waals surface area contributed by atoms with Crippen molar-refractivity contribution < 1.29 is 37.4 Å². The van der Waals surface area contributed by atoms with Crippen molar-refractivity contribution in [1.29, 1.82) is 0 Å². The molecule has 3 aromatic rings. The predicted octanol–water partition coefficient (Wildman–Crippen LogP) is 6.61. The van der Waals surface area contributed by atoms with Crippen molar-refractivity contribution in [2.45, 2.75) is 65.2 Å². The number of esters is 2. The van der Waals surface area contributed by atoms with E-state index in [1.54, 1.807) is 26.0 Å². The second-order valence-electron chi connectivity index (χ2n) is 12.9. The SMILES string of the molecule is COC(=O)C(C(=O)C(C)C)C(c1ccc(F)cc1)C1CCCNC1=O.COC(=O)c1c(C(C)C)nc2c(c1-c1ccc(F)cc1)CCCN2. The summed E-state index contributed by atoms with van der Waals surface area (Å²) in [7, 11) is 2.60. The predicted molar refractivity (Wildman–Crippen MR) is 182 cm³/mol. The highest BCUT2D eigenvalue weighted by Gasteiger charge is 2.44. The summed E-state index contributed by atoms with van der Waals surface area (Å²) in [5.41, 5.74) is 4.39. The van der Waals surface area contributed by atoms with E-state index in [2.05, 4.69) is 10.6 Å². The maximum atomic E-state index is 13.4. The van der Waals surface area contributed by atoms with Crippen LogP contribution in [0.2, 0.25) is 0 Å². The standard InChI is InChI=1S/C19H21FN2O2.C19H24FNO4/c1-11(2)17-16(19(23)24-3)15(12-6-8-13(20)9-7-12)14-5-4-10-21-18(14)22-17;1-11(2)17(22)16(19(24)25-3)15(12-6-8-13(20)9-7-12)14-5-4-10-21-18(14)23/h6-9,11H,4-5,10H2,1-3H3,(H,21,22);6-9,11,14-16H,4-5,10H2,1-3H3,(H,21,23). The molecule has 0 saturated carbocycles. The third-order valence-corrected chi connectivity index (χ3v) is 9.00. The Hall–Kier alpha value is -4.67. The van der Waals surface area contributed by atoms with Gasteiger partial charge in [-0.05, 0) is 67.0 Å². The Balaban J connectivity index is 0.000000221. The maximum Gasteiger partial charge on any atom is 0.340 e. The van der Waals surface area contributed by atoms with Crippen molar-refractivity contribution >= 4 is 29.4 Å². The van der Waals surface area contributed by atoms with E-state index in [0.29, 0.717) is 29.8 Å². The average molecular weight is 678 g/mol. The monoisotopic (exact) mass is 677 g/mol. The summed E-state index contributed by atoms with van der Waals surface area (Å²) in [6.07, 6.45) is 3.11. The van der Waals surface area contributed by atoms with Crippen LogP contribution < -0.4 is 10.6 Å². The molecule has 9 nitrogen and oxygen atoms in total. The second kappa shape index (κ2) is 16.6. The number of methoxy groups -OCH3 is 2. The van der Waals surface area contributed by atoms with Gasteiger partial charge in [0, 0.05) is 42.0 Å². The number of fused-ring (bicyclic) bond motifs is 1. The summed E-state index contributed by atoms with van der Waals surface area (Å²) in [6.45, 7) is 8.85. The van der Waals surface area contributed by atoms with Gasteiger partial charge in [0.15, 0.2) is 0 Å². The Morgan fingerprint density at radius 3 is 2.02 bits per heavy atom. The molecule has 0 bridgehead atoms. The van der Waals surface area contributed by atoms with Crippen molar-refractivity contribution in [3.63, 3.8) is 0 Å². The van der Waals surface area contributed by atoms with E-state index in [9.17, 15) is 28.0 Å². The van der Waals surface area contributed by atoms with E-state index < -0.39 is 41.4 Å². The summed E-state index contributed by atoms with van der Waals surface area (Å²) >= 11 is 0. The summed E-state index contributed by atoms with van der Waals surface area (Å²) in [5, 5.41) is 6.12. The highest BCUT2D eigenvalue weighted by Crippen LogP contribution is 2.40. The average Bonchev–Trinajstić information content (AvgIpc) is 3.10. The van der Waals surface area contributed by atoms with Gasteiger partial charge in [-0.15, -0.1) is 0 Å². The number of nitrogens with zero attached hydrogens (tertiary/aromatic N) is 1. The quantitative estimate of drug-likeness (QED) is 0.192. The lowest BCUT2D eigenvalue weighted by Crippen LogP contribution is -2.45. The molecule has 0 radical (unpaired) electrons. The maximum absolute atomic E-state index is 13.4. The Morgan fingerprint density at radius 1 is 0.857 bits per heavy atom. The van der Waals surface area contributed by atoms with Gasteiger partial charge >= 0.3 is 11.9 Å². The number of hydrogen-bond donors (Lipinski definition) is 2. The van der Waals surface area contributed by atoms with E-state index in [4.69, 9.17) is 14.5 Å². The van der Waals surface area contributed by atoms with Crippen LogP contribution in [0, 0.1) is 29.4 Å². The first-order valence-electron chi connectivity index (χ1n) is 16.7.